The Hall–Kier alpha value is -0.860. The van der Waals surface area contributed by atoms with Gasteiger partial charge in [0.05, 0.1) is 0 Å². The third kappa shape index (κ3) is 2.76. The van der Waals surface area contributed by atoms with Crippen molar-refractivity contribution in [3.05, 3.63) is 33.7 Å². The largest absolute Gasteiger partial charge is 0.312 e. The van der Waals surface area contributed by atoms with E-state index in [0.717, 1.165) is 13.1 Å². The molecule has 1 nitrogen and oxygen atoms in total. The van der Waals surface area contributed by atoms with Crippen LogP contribution in [-0.2, 0) is 6.54 Å². The molecular formula is C16H23NS. The lowest BCUT2D eigenvalue weighted by molar-refractivity contribution is 0.554. The maximum Gasteiger partial charge on any atom is 0.0378 e. The first kappa shape index (κ1) is 13.6. The fourth-order valence-corrected chi connectivity index (χ4v) is 3.59. The Balaban J connectivity index is 2.30. The number of hydrogen-bond acceptors (Lipinski definition) is 2. The quantitative estimate of drug-likeness (QED) is 0.850. The van der Waals surface area contributed by atoms with E-state index in [1.54, 1.807) is 0 Å². The van der Waals surface area contributed by atoms with Gasteiger partial charge in [-0.15, -0.1) is 11.3 Å². The minimum atomic E-state index is 0.712. The van der Waals surface area contributed by atoms with E-state index in [9.17, 15) is 0 Å². The molecule has 0 spiro atoms. The van der Waals surface area contributed by atoms with Crippen LogP contribution >= 0.6 is 11.3 Å². The summed E-state index contributed by atoms with van der Waals surface area (Å²) in [7, 11) is 0. The predicted octanol–water partition coefficient (Wildman–Crippen LogP) is 4.57. The van der Waals surface area contributed by atoms with E-state index in [1.807, 2.05) is 11.3 Å². The summed E-state index contributed by atoms with van der Waals surface area (Å²) in [6.45, 7) is 13.2. The van der Waals surface area contributed by atoms with Crippen LogP contribution in [0.15, 0.2) is 12.1 Å². The molecule has 0 aliphatic carbocycles. The minimum Gasteiger partial charge on any atom is -0.312 e. The zero-order chi connectivity index (χ0) is 13.3. The topological polar surface area (TPSA) is 12.0 Å². The maximum absolute atomic E-state index is 3.55. The Labute approximate surface area is 114 Å². The van der Waals surface area contributed by atoms with Crippen molar-refractivity contribution in [2.24, 2.45) is 5.92 Å². The van der Waals surface area contributed by atoms with Crippen LogP contribution in [-0.4, -0.2) is 6.54 Å². The summed E-state index contributed by atoms with van der Waals surface area (Å²) >= 11 is 1.95. The van der Waals surface area contributed by atoms with Crippen LogP contribution in [0.1, 0.15) is 35.4 Å². The molecule has 0 amide bonds. The molecule has 0 aliphatic heterocycles. The molecule has 98 valence electrons. The van der Waals surface area contributed by atoms with Crippen LogP contribution < -0.4 is 5.32 Å². The third-order valence-electron chi connectivity index (χ3n) is 3.30. The minimum absolute atomic E-state index is 0.712. The van der Waals surface area contributed by atoms with Crippen LogP contribution in [0, 0.1) is 26.7 Å². The SMILES string of the molecule is Cc1cc(C)c2sc(CNCC(C)C)c(C)c2c1. The van der Waals surface area contributed by atoms with Crippen molar-refractivity contribution in [3.63, 3.8) is 0 Å². The van der Waals surface area contributed by atoms with Gasteiger partial charge in [-0.05, 0) is 49.7 Å². The standard InChI is InChI=1S/C16H23NS/c1-10(2)8-17-9-15-13(5)14-7-11(3)6-12(4)16(14)18-15/h6-7,10,17H,8-9H2,1-5H3. The molecule has 2 aromatic rings. The summed E-state index contributed by atoms with van der Waals surface area (Å²) in [4.78, 5) is 1.49. The van der Waals surface area contributed by atoms with Crippen LogP contribution in [0.4, 0.5) is 0 Å². The fraction of sp³-hybridized carbons (Fsp3) is 0.500. The van der Waals surface area contributed by atoms with E-state index in [2.05, 4.69) is 52.1 Å². The highest BCUT2D eigenvalue weighted by molar-refractivity contribution is 7.19. The van der Waals surface area contributed by atoms with Crippen LogP contribution in [0.25, 0.3) is 10.1 Å². The maximum atomic E-state index is 3.55. The molecule has 1 aromatic carbocycles. The molecule has 0 bridgehead atoms. The van der Waals surface area contributed by atoms with Crippen molar-refractivity contribution in [1.29, 1.82) is 0 Å². The van der Waals surface area contributed by atoms with Crippen molar-refractivity contribution >= 4 is 21.4 Å². The molecule has 0 unspecified atom stereocenters. The molecule has 1 aromatic heterocycles. The highest BCUT2D eigenvalue weighted by Gasteiger charge is 2.10. The van der Waals surface area contributed by atoms with Gasteiger partial charge in [-0.25, -0.2) is 0 Å². The van der Waals surface area contributed by atoms with Crippen LogP contribution in [0.2, 0.25) is 0 Å². The Morgan fingerprint density at radius 3 is 2.56 bits per heavy atom. The highest BCUT2D eigenvalue weighted by atomic mass is 32.1. The van der Waals surface area contributed by atoms with E-state index in [4.69, 9.17) is 0 Å². The zero-order valence-electron chi connectivity index (χ0n) is 12.1. The molecule has 0 radical (unpaired) electrons. The Bertz CT molecular complexity index is 552. The summed E-state index contributed by atoms with van der Waals surface area (Å²) in [6.07, 6.45) is 0. The van der Waals surface area contributed by atoms with E-state index in [0.29, 0.717) is 5.92 Å². The van der Waals surface area contributed by atoms with Gasteiger partial charge < -0.3 is 5.32 Å². The van der Waals surface area contributed by atoms with E-state index in [1.165, 1.54) is 31.7 Å². The smallest absolute Gasteiger partial charge is 0.0378 e. The Morgan fingerprint density at radius 2 is 1.89 bits per heavy atom. The molecule has 18 heavy (non-hydrogen) atoms. The van der Waals surface area contributed by atoms with Gasteiger partial charge in [-0.2, -0.15) is 0 Å². The summed E-state index contributed by atoms with van der Waals surface area (Å²) in [5, 5.41) is 4.99. The number of thiophene rings is 1. The highest BCUT2D eigenvalue weighted by Crippen LogP contribution is 2.33. The second-order valence-corrected chi connectivity index (χ2v) is 6.74. The first-order chi connectivity index (χ1) is 8.49. The normalized spacial score (nSPS) is 11.7. The molecular weight excluding hydrogens is 238 g/mol. The molecule has 2 rings (SSSR count). The van der Waals surface area contributed by atoms with Gasteiger partial charge in [0, 0.05) is 16.1 Å². The number of rotatable bonds is 4. The molecule has 2 heteroatoms. The molecule has 0 saturated carbocycles. The average Bonchev–Trinajstić information content (AvgIpc) is 2.57. The summed E-state index contributed by atoms with van der Waals surface area (Å²) in [5.41, 5.74) is 4.23. The first-order valence-electron chi connectivity index (χ1n) is 6.69. The monoisotopic (exact) mass is 261 g/mol. The van der Waals surface area contributed by atoms with Gasteiger partial charge >= 0.3 is 0 Å². The van der Waals surface area contributed by atoms with Crippen molar-refractivity contribution in [2.45, 2.75) is 41.2 Å². The predicted molar refractivity (Wildman–Crippen MR) is 82.6 cm³/mol. The molecule has 0 atom stereocenters. The van der Waals surface area contributed by atoms with Crippen LogP contribution in [0.3, 0.4) is 0 Å². The van der Waals surface area contributed by atoms with Crippen molar-refractivity contribution in [1.82, 2.24) is 5.32 Å². The van der Waals surface area contributed by atoms with Gasteiger partial charge in [-0.3, -0.25) is 0 Å². The summed E-state index contributed by atoms with van der Waals surface area (Å²) in [5.74, 6) is 0.712. The molecule has 1 N–H and O–H groups in total. The van der Waals surface area contributed by atoms with E-state index in [-0.39, 0.29) is 0 Å². The third-order valence-corrected chi connectivity index (χ3v) is 4.75. The van der Waals surface area contributed by atoms with Gasteiger partial charge in [0.15, 0.2) is 0 Å². The molecule has 1 heterocycles. The second-order valence-electron chi connectivity index (χ2n) is 5.63. The molecule has 0 fully saturated rings. The van der Waals surface area contributed by atoms with Crippen molar-refractivity contribution in [2.75, 3.05) is 6.54 Å². The average molecular weight is 261 g/mol. The second kappa shape index (κ2) is 5.41. The van der Waals surface area contributed by atoms with E-state index < -0.39 is 0 Å². The molecule has 0 aliphatic rings. The number of nitrogens with one attached hydrogen (secondary N) is 1. The van der Waals surface area contributed by atoms with Crippen LogP contribution in [0.5, 0.6) is 0 Å². The lowest BCUT2D eigenvalue weighted by Gasteiger charge is -2.06. The zero-order valence-corrected chi connectivity index (χ0v) is 12.9. The number of hydrogen-bond donors (Lipinski definition) is 1. The van der Waals surface area contributed by atoms with Gasteiger partial charge in [0.1, 0.15) is 0 Å². The number of fused-ring (bicyclic) bond motifs is 1. The van der Waals surface area contributed by atoms with Gasteiger partial charge in [0.2, 0.25) is 0 Å². The molecule has 0 saturated heterocycles. The number of benzene rings is 1. The van der Waals surface area contributed by atoms with Gasteiger partial charge in [0.25, 0.3) is 0 Å². The number of aryl methyl sites for hydroxylation is 3. The van der Waals surface area contributed by atoms with Gasteiger partial charge in [-0.1, -0.05) is 31.5 Å². The van der Waals surface area contributed by atoms with Crippen molar-refractivity contribution in [3.8, 4) is 0 Å². The fourth-order valence-electron chi connectivity index (χ4n) is 2.36. The summed E-state index contributed by atoms with van der Waals surface area (Å²) < 4.78 is 1.46. The Morgan fingerprint density at radius 1 is 1.17 bits per heavy atom. The summed E-state index contributed by atoms with van der Waals surface area (Å²) in [6, 6.07) is 4.60. The van der Waals surface area contributed by atoms with Crippen molar-refractivity contribution < 1.29 is 0 Å². The van der Waals surface area contributed by atoms with E-state index >= 15 is 0 Å². The Kier molecular flexibility index (Phi) is 4.08. The first-order valence-corrected chi connectivity index (χ1v) is 7.50. The lowest BCUT2D eigenvalue weighted by Crippen LogP contribution is -2.18. The lowest BCUT2D eigenvalue weighted by atomic mass is 10.1.